The maximum absolute atomic E-state index is 6.09. The van der Waals surface area contributed by atoms with Crippen molar-refractivity contribution in [1.82, 2.24) is 4.98 Å². The summed E-state index contributed by atoms with van der Waals surface area (Å²) >= 11 is 0. The molecule has 0 aromatic carbocycles. The first-order valence-corrected chi connectivity index (χ1v) is 7.69. The van der Waals surface area contributed by atoms with E-state index in [-0.39, 0.29) is 6.04 Å². The van der Waals surface area contributed by atoms with Gasteiger partial charge in [0.15, 0.2) is 0 Å². The van der Waals surface area contributed by atoms with Crippen LogP contribution in [0.1, 0.15) is 31.7 Å². The summed E-state index contributed by atoms with van der Waals surface area (Å²) in [7, 11) is 2.12. The quantitative estimate of drug-likeness (QED) is 0.866. The summed E-state index contributed by atoms with van der Waals surface area (Å²) in [5.41, 5.74) is 7.34. The van der Waals surface area contributed by atoms with Crippen molar-refractivity contribution in [2.45, 2.75) is 38.6 Å². The fraction of sp³-hybridized carbons (Fsp3) is 0.688. The number of ether oxygens (including phenoxy) is 1. The van der Waals surface area contributed by atoms with Crippen LogP contribution in [0.5, 0.6) is 0 Å². The fourth-order valence-electron chi connectivity index (χ4n) is 2.79. The summed E-state index contributed by atoms with van der Waals surface area (Å²) < 4.78 is 5.56. The minimum absolute atomic E-state index is 0.212. The lowest BCUT2D eigenvalue weighted by atomic mass is 10.0. The molecule has 20 heavy (non-hydrogen) atoms. The van der Waals surface area contributed by atoms with Gasteiger partial charge in [-0.05, 0) is 43.2 Å². The number of hydrogen-bond donors (Lipinski definition) is 1. The molecule has 0 amide bonds. The van der Waals surface area contributed by atoms with Gasteiger partial charge in [0.25, 0.3) is 0 Å². The van der Waals surface area contributed by atoms with E-state index in [9.17, 15) is 0 Å². The number of anilines is 1. The molecule has 2 N–H and O–H groups in total. The van der Waals surface area contributed by atoms with Crippen molar-refractivity contribution in [3.8, 4) is 0 Å². The van der Waals surface area contributed by atoms with E-state index in [1.807, 2.05) is 12.3 Å². The van der Waals surface area contributed by atoms with Crippen LogP contribution in [0.2, 0.25) is 0 Å². The number of hydrogen-bond acceptors (Lipinski definition) is 4. The van der Waals surface area contributed by atoms with Gasteiger partial charge in [0.05, 0.1) is 6.61 Å². The summed E-state index contributed by atoms with van der Waals surface area (Å²) in [6.45, 7) is 4.93. The predicted molar refractivity (Wildman–Crippen MR) is 83.0 cm³/mol. The van der Waals surface area contributed by atoms with E-state index in [1.165, 1.54) is 18.4 Å². The molecule has 2 unspecified atom stereocenters. The summed E-state index contributed by atoms with van der Waals surface area (Å²) in [5, 5.41) is 0. The number of aromatic nitrogens is 1. The normalized spacial score (nSPS) is 20.6. The van der Waals surface area contributed by atoms with E-state index < -0.39 is 0 Å². The van der Waals surface area contributed by atoms with Crippen LogP contribution in [0.25, 0.3) is 0 Å². The maximum atomic E-state index is 6.09. The van der Waals surface area contributed by atoms with Crippen LogP contribution in [0.15, 0.2) is 18.3 Å². The highest BCUT2D eigenvalue weighted by Crippen LogP contribution is 2.21. The lowest BCUT2D eigenvalue weighted by Gasteiger charge is -2.29. The molecule has 4 heteroatoms. The number of nitrogens with two attached hydrogens (primary N) is 1. The van der Waals surface area contributed by atoms with Crippen LogP contribution in [-0.4, -0.2) is 37.8 Å². The Bertz CT molecular complexity index is 404. The molecule has 0 saturated carbocycles. The highest BCUT2D eigenvalue weighted by molar-refractivity contribution is 5.46. The van der Waals surface area contributed by atoms with Crippen LogP contribution < -0.4 is 10.6 Å². The molecular formula is C16H27N3O. The molecule has 1 aromatic heterocycles. The van der Waals surface area contributed by atoms with Gasteiger partial charge >= 0.3 is 0 Å². The van der Waals surface area contributed by atoms with Crippen LogP contribution in [0.4, 0.5) is 5.82 Å². The highest BCUT2D eigenvalue weighted by Gasteiger charge is 2.18. The van der Waals surface area contributed by atoms with Crippen LogP contribution in [-0.2, 0) is 11.2 Å². The van der Waals surface area contributed by atoms with Crippen molar-refractivity contribution in [3.05, 3.63) is 23.9 Å². The van der Waals surface area contributed by atoms with Crippen molar-refractivity contribution < 1.29 is 4.74 Å². The zero-order chi connectivity index (χ0) is 14.4. The summed E-state index contributed by atoms with van der Waals surface area (Å²) in [6, 6.07) is 4.36. The Balaban J connectivity index is 2.02. The molecule has 1 saturated heterocycles. The average Bonchev–Trinajstić information content (AvgIpc) is 2.48. The van der Waals surface area contributed by atoms with Gasteiger partial charge in [-0.2, -0.15) is 0 Å². The molecule has 2 atom stereocenters. The molecule has 1 aliphatic rings. The Morgan fingerprint density at radius 2 is 2.40 bits per heavy atom. The first-order valence-electron chi connectivity index (χ1n) is 7.69. The second-order valence-corrected chi connectivity index (χ2v) is 5.82. The van der Waals surface area contributed by atoms with Crippen molar-refractivity contribution >= 4 is 5.82 Å². The summed E-state index contributed by atoms with van der Waals surface area (Å²) in [6.07, 6.45) is 6.18. The first kappa shape index (κ1) is 15.3. The third kappa shape index (κ3) is 4.18. The topological polar surface area (TPSA) is 51.4 Å². The van der Waals surface area contributed by atoms with Crippen molar-refractivity contribution in [2.75, 3.05) is 31.7 Å². The van der Waals surface area contributed by atoms with Crippen molar-refractivity contribution in [1.29, 1.82) is 0 Å². The van der Waals surface area contributed by atoms with Gasteiger partial charge in [-0.15, -0.1) is 0 Å². The molecule has 0 bridgehead atoms. The molecule has 0 radical (unpaired) electrons. The van der Waals surface area contributed by atoms with Crippen molar-refractivity contribution in [2.24, 2.45) is 11.7 Å². The van der Waals surface area contributed by atoms with Crippen LogP contribution >= 0.6 is 0 Å². The second kappa shape index (κ2) is 7.60. The largest absolute Gasteiger partial charge is 0.381 e. The Kier molecular flexibility index (Phi) is 5.80. The molecule has 4 nitrogen and oxygen atoms in total. The predicted octanol–water partition coefficient (Wildman–Crippen LogP) is 2.22. The van der Waals surface area contributed by atoms with E-state index in [0.29, 0.717) is 5.92 Å². The average molecular weight is 277 g/mol. The van der Waals surface area contributed by atoms with E-state index in [1.54, 1.807) is 0 Å². The minimum Gasteiger partial charge on any atom is -0.381 e. The molecule has 2 heterocycles. The molecular weight excluding hydrogens is 250 g/mol. The molecule has 0 spiro atoms. The van der Waals surface area contributed by atoms with E-state index in [4.69, 9.17) is 10.5 Å². The number of pyridine rings is 1. The second-order valence-electron chi connectivity index (χ2n) is 5.82. The Morgan fingerprint density at radius 1 is 1.55 bits per heavy atom. The van der Waals surface area contributed by atoms with Gasteiger partial charge in [-0.1, -0.05) is 13.0 Å². The summed E-state index contributed by atoms with van der Waals surface area (Å²) in [4.78, 5) is 6.82. The molecule has 0 aliphatic carbocycles. The zero-order valence-corrected chi connectivity index (χ0v) is 12.7. The van der Waals surface area contributed by atoms with Gasteiger partial charge in [0.1, 0.15) is 5.82 Å². The lowest BCUT2D eigenvalue weighted by molar-refractivity contribution is 0.0576. The molecule has 1 aromatic rings. The molecule has 1 aliphatic heterocycles. The van der Waals surface area contributed by atoms with E-state index in [0.717, 1.165) is 38.4 Å². The van der Waals surface area contributed by atoms with Gasteiger partial charge < -0.3 is 15.4 Å². The maximum Gasteiger partial charge on any atom is 0.131 e. The number of rotatable bonds is 6. The van der Waals surface area contributed by atoms with Crippen LogP contribution in [0.3, 0.4) is 0 Å². The first-order chi connectivity index (χ1) is 9.70. The minimum atomic E-state index is 0.212. The third-order valence-electron chi connectivity index (χ3n) is 4.02. The standard InChI is InChI=1S/C16H27N3O/c1-3-15(17)10-14-7-4-8-18-16(14)19(2)11-13-6-5-9-20-12-13/h4,7-8,13,15H,3,5-6,9-12,17H2,1-2H3. The fourth-order valence-corrected chi connectivity index (χ4v) is 2.79. The highest BCUT2D eigenvalue weighted by atomic mass is 16.5. The van der Waals surface area contributed by atoms with Gasteiger partial charge in [0.2, 0.25) is 0 Å². The van der Waals surface area contributed by atoms with Crippen molar-refractivity contribution in [3.63, 3.8) is 0 Å². The van der Waals surface area contributed by atoms with Gasteiger partial charge in [-0.25, -0.2) is 4.98 Å². The molecule has 112 valence electrons. The smallest absolute Gasteiger partial charge is 0.131 e. The summed E-state index contributed by atoms with van der Waals surface area (Å²) in [5.74, 6) is 1.69. The Morgan fingerprint density at radius 3 is 3.10 bits per heavy atom. The Labute approximate surface area is 122 Å². The van der Waals surface area contributed by atoms with E-state index in [2.05, 4.69) is 29.9 Å². The third-order valence-corrected chi connectivity index (χ3v) is 4.02. The van der Waals surface area contributed by atoms with Gasteiger partial charge in [-0.3, -0.25) is 0 Å². The number of nitrogens with zero attached hydrogens (tertiary/aromatic N) is 2. The molecule has 2 rings (SSSR count). The lowest BCUT2D eigenvalue weighted by Crippen LogP contribution is -2.32. The van der Waals surface area contributed by atoms with Gasteiger partial charge in [0, 0.05) is 32.4 Å². The van der Waals surface area contributed by atoms with E-state index >= 15 is 0 Å². The monoisotopic (exact) mass is 277 g/mol. The Hall–Kier alpha value is -1.13. The van der Waals surface area contributed by atoms with Crippen LogP contribution in [0, 0.1) is 5.92 Å². The molecule has 1 fully saturated rings. The zero-order valence-electron chi connectivity index (χ0n) is 12.7. The SMILES string of the molecule is CCC(N)Cc1cccnc1N(C)CC1CCCOC1.